The molecule has 0 unspecified atom stereocenters. The van der Waals surface area contributed by atoms with Crippen LogP contribution >= 0.6 is 0 Å². The summed E-state index contributed by atoms with van der Waals surface area (Å²) in [4.78, 5) is 33.9. The van der Waals surface area contributed by atoms with E-state index in [0.29, 0.717) is 18.0 Å². The Labute approximate surface area is 184 Å². The van der Waals surface area contributed by atoms with Crippen LogP contribution in [0.5, 0.6) is 0 Å². The minimum Gasteiger partial charge on any atom is -0.475 e. The number of hydrogen-bond acceptors (Lipinski definition) is 4. The van der Waals surface area contributed by atoms with Gasteiger partial charge in [0, 0.05) is 5.56 Å². The van der Waals surface area contributed by atoms with Crippen LogP contribution in [0.25, 0.3) is 5.57 Å². The minimum atomic E-state index is -5.08. The summed E-state index contributed by atoms with van der Waals surface area (Å²) in [6.45, 7) is 2.10. The van der Waals surface area contributed by atoms with Crippen molar-refractivity contribution in [3.63, 3.8) is 0 Å². The third-order valence-electron chi connectivity index (χ3n) is 5.63. The Balaban J connectivity index is 0.000000451. The average Bonchev–Trinajstić information content (AvgIpc) is 2.74. The van der Waals surface area contributed by atoms with Gasteiger partial charge in [-0.1, -0.05) is 18.2 Å². The minimum absolute atomic E-state index is 0.268. The van der Waals surface area contributed by atoms with Crippen molar-refractivity contribution in [2.45, 2.75) is 50.6 Å². The third-order valence-corrected chi connectivity index (χ3v) is 5.63. The molecule has 176 valence electrons. The maximum absolute atomic E-state index is 11.8. The molecule has 1 aromatic rings. The highest BCUT2D eigenvalue weighted by molar-refractivity contribution is 5.98. The number of carboxylic acids is 1. The molecule has 1 saturated heterocycles. The lowest BCUT2D eigenvalue weighted by Gasteiger charge is -2.31. The molecule has 1 aliphatic heterocycles. The molecule has 0 spiro atoms. The maximum atomic E-state index is 11.8. The molecule has 1 aromatic carbocycles. The number of alkyl halides is 3. The molecule has 2 aliphatic rings. The van der Waals surface area contributed by atoms with Crippen molar-refractivity contribution in [2.24, 2.45) is 11.5 Å². The van der Waals surface area contributed by atoms with E-state index in [-0.39, 0.29) is 11.8 Å². The predicted molar refractivity (Wildman–Crippen MR) is 113 cm³/mol. The van der Waals surface area contributed by atoms with Gasteiger partial charge < -0.3 is 16.6 Å². The summed E-state index contributed by atoms with van der Waals surface area (Å²) >= 11 is 0. The Kier molecular flexibility index (Phi) is 8.82. The number of amides is 2. The Morgan fingerprint density at radius 2 is 1.72 bits per heavy atom. The molecule has 0 saturated carbocycles. The fourth-order valence-corrected chi connectivity index (χ4v) is 4.02. The van der Waals surface area contributed by atoms with Gasteiger partial charge >= 0.3 is 12.1 Å². The van der Waals surface area contributed by atoms with Gasteiger partial charge in [0.25, 0.3) is 0 Å². The maximum Gasteiger partial charge on any atom is 0.490 e. The van der Waals surface area contributed by atoms with Crippen molar-refractivity contribution in [2.75, 3.05) is 19.6 Å². The molecule has 0 atom stereocenters. The standard InChI is InChI=1S/C20H27N3O2.C2HF3O2/c21-19(24)13-23-10-8-14(9-11-23)16-6-7-17(20(22)25)18(12-16)15-4-2-1-3-5-15;3-2(4,5)1(6)7/h4,6-7,12,14H,1-3,5,8-11,13H2,(H2,21,24)(H2,22,25);(H,6,7). The Morgan fingerprint density at radius 3 is 2.19 bits per heavy atom. The largest absolute Gasteiger partial charge is 0.490 e. The number of carbonyl (C=O) groups excluding carboxylic acids is 2. The van der Waals surface area contributed by atoms with Gasteiger partial charge in [-0.25, -0.2) is 4.79 Å². The number of likely N-dealkylation sites (tertiary alicyclic amines) is 1. The van der Waals surface area contributed by atoms with E-state index in [2.05, 4.69) is 17.0 Å². The van der Waals surface area contributed by atoms with Crippen LogP contribution in [0, 0.1) is 0 Å². The quantitative estimate of drug-likeness (QED) is 0.629. The van der Waals surface area contributed by atoms with Crippen LogP contribution in [0.3, 0.4) is 0 Å². The number of nitrogens with zero attached hydrogens (tertiary/aromatic N) is 1. The molecule has 10 heteroatoms. The smallest absolute Gasteiger partial charge is 0.475 e. The van der Waals surface area contributed by atoms with Gasteiger partial charge in [0.15, 0.2) is 0 Å². The molecule has 1 aliphatic carbocycles. The number of nitrogens with two attached hydrogens (primary N) is 2. The van der Waals surface area contributed by atoms with E-state index in [1.165, 1.54) is 24.0 Å². The van der Waals surface area contributed by atoms with Gasteiger partial charge in [-0.05, 0) is 80.3 Å². The zero-order chi connectivity index (χ0) is 23.9. The molecule has 1 fully saturated rings. The Hall–Kier alpha value is -2.88. The fourth-order valence-electron chi connectivity index (χ4n) is 4.02. The zero-order valence-electron chi connectivity index (χ0n) is 17.7. The molecule has 0 bridgehead atoms. The molecule has 1 heterocycles. The van der Waals surface area contributed by atoms with Crippen LogP contribution in [0.2, 0.25) is 0 Å². The highest BCUT2D eigenvalue weighted by Gasteiger charge is 2.38. The lowest BCUT2D eigenvalue weighted by Crippen LogP contribution is -2.39. The molecule has 0 radical (unpaired) electrons. The van der Waals surface area contributed by atoms with Crippen LogP contribution in [0.15, 0.2) is 24.3 Å². The number of hydrogen-bond donors (Lipinski definition) is 3. The van der Waals surface area contributed by atoms with E-state index in [1.807, 2.05) is 12.1 Å². The molecule has 3 rings (SSSR count). The molecular weight excluding hydrogens is 427 g/mol. The number of carbonyl (C=O) groups is 3. The first-order valence-electron chi connectivity index (χ1n) is 10.4. The number of halogens is 3. The second kappa shape index (κ2) is 11.1. The third kappa shape index (κ3) is 7.37. The van der Waals surface area contributed by atoms with Gasteiger partial charge in [-0.15, -0.1) is 0 Å². The summed E-state index contributed by atoms with van der Waals surface area (Å²) in [6.07, 6.45) is 3.64. The summed E-state index contributed by atoms with van der Waals surface area (Å²) in [5, 5.41) is 7.12. The molecule has 5 N–H and O–H groups in total. The first-order valence-corrected chi connectivity index (χ1v) is 10.4. The molecule has 32 heavy (non-hydrogen) atoms. The molecule has 2 amide bonds. The zero-order valence-corrected chi connectivity index (χ0v) is 17.7. The Bertz CT molecular complexity index is 876. The van der Waals surface area contributed by atoms with E-state index in [4.69, 9.17) is 21.4 Å². The number of rotatable bonds is 5. The van der Waals surface area contributed by atoms with E-state index >= 15 is 0 Å². The monoisotopic (exact) mass is 455 g/mol. The second-order valence-corrected chi connectivity index (χ2v) is 7.96. The SMILES string of the molecule is NC(=O)CN1CCC(c2ccc(C(N)=O)c(C3=CCCCC3)c2)CC1.O=C(O)C(F)(F)F. The van der Waals surface area contributed by atoms with Gasteiger partial charge in [-0.2, -0.15) is 13.2 Å². The van der Waals surface area contributed by atoms with Crippen molar-refractivity contribution in [1.82, 2.24) is 4.90 Å². The summed E-state index contributed by atoms with van der Waals surface area (Å²) < 4.78 is 31.7. The van der Waals surface area contributed by atoms with Crippen molar-refractivity contribution >= 4 is 23.4 Å². The van der Waals surface area contributed by atoms with Crippen LogP contribution in [-0.2, 0) is 9.59 Å². The van der Waals surface area contributed by atoms with Crippen molar-refractivity contribution in [3.05, 3.63) is 41.0 Å². The topological polar surface area (TPSA) is 127 Å². The number of aliphatic carboxylic acids is 1. The number of piperidine rings is 1. The Morgan fingerprint density at radius 1 is 1.09 bits per heavy atom. The van der Waals surface area contributed by atoms with Crippen LogP contribution in [0.1, 0.15) is 65.9 Å². The molecular formula is C22H28F3N3O4. The van der Waals surface area contributed by atoms with E-state index in [9.17, 15) is 22.8 Å². The van der Waals surface area contributed by atoms with Crippen molar-refractivity contribution < 1.29 is 32.7 Å². The average molecular weight is 455 g/mol. The highest BCUT2D eigenvalue weighted by atomic mass is 19.4. The van der Waals surface area contributed by atoms with Gasteiger partial charge in [-0.3, -0.25) is 14.5 Å². The summed E-state index contributed by atoms with van der Waals surface area (Å²) in [5.41, 5.74) is 15.1. The summed E-state index contributed by atoms with van der Waals surface area (Å²) in [5.74, 6) is -2.93. The first-order chi connectivity index (χ1) is 15.0. The lowest BCUT2D eigenvalue weighted by atomic mass is 9.84. The predicted octanol–water partition coefficient (Wildman–Crippen LogP) is 3.04. The van der Waals surface area contributed by atoms with Gasteiger partial charge in [0.2, 0.25) is 11.8 Å². The normalized spacial score (nSPS) is 17.7. The van der Waals surface area contributed by atoms with Crippen LogP contribution in [0.4, 0.5) is 13.2 Å². The number of primary amides is 2. The molecule has 7 nitrogen and oxygen atoms in total. The van der Waals surface area contributed by atoms with E-state index in [1.54, 1.807) is 0 Å². The first kappa shape index (κ1) is 25.4. The van der Waals surface area contributed by atoms with Gasteiger partial charge in [0.1, 0.15) is 0 Å². The van der Waals surface area contributed by atoms with E-state index in [0.717, 1.165) is 44.3 Å². The van der Waals surface area contributed by atoms with E-state index < -0.39 is 12.1 Å². The van der Waals surface area contributed by atoms with Crippen LogP contribution < -0.4 is 11.5 Å². The number of allylic oxidation sites excluding steroid dienone is 2. The number of carboxylic acid groups (broad SMARTS) is 1. The van der Waals surface area contributed by atoms with Crippen molar-refractivity contribution in [1.29, 1.82) is 0 Å². The summed E-state index contributed by atoms with van der Waals surface area (Å²) in [7, 11) is 0. The van der Waals surface area contributed by atoms with Crippen LogP contribution in [-0.4, -0.2) is 53.6 Å². The summed E-state index contributed by atoms with van der Waals surface area (Å²) in [6, 6.07) is 6.10. The highest BCUT2D eigenvalue weighted by Crippen LogP contribution is 2.34. The molecule has 0 aromatic heterocycles. The van der Waals surface area contributed by atoms with Gasteiger partial charge in [0.05, 0.1) is 6.54 Å². The van der Waals surface area contributed by atoms with Crippen molar-refractivity contribution in [3.8, 4) is 0 Å². The fraction of sp³-hybridized carbons (Fsp3) is 0.500. The second-order valence-electron chi connectivity index (χ2n) is 7.96. The lowest BCUT2D eigenvalue weighted by molar-refractivity contribution is -0.192. The number of benzene rings is 1.